The highest BCUT2D eigenvalue weighted by Crippen LogP contribution is 2.27. The lowest BCUT2D eigenvalue weighted by Crippen LogP contribution is -2.19. The van der Waals surface area contributed by atoms with E-state index >= 15 is 0 Å². The fourth-order valence-corrected chi connectivity index (χ4v) is 6.68. The monoisotopic (exact) mass is 591 g/mol. The Balaban J connectivity index is 3.65. The Labute approximate surface area is 266 Å². The van der Waals surface area contributed by atoms with Gasteiger partial charge < -0.3 is 4.74 Å². The Kier molecular flexibility index (Phi) is 31.0. The largest absolute Gasteiger partial charge is 0.465 e. The van der Waals surface area contributed by atoms with Gasteiger partial charge in [0.1, 0.15) is 0 Å². The average molecular weight is 591 g/mol. The van der Waals surface area contributed by atoms with Crippen molar-refractivity contribution in [1.82, 2.24) is 0 Å². The molecular weight excluding hydrogens is 512 g/mol. The molecule has 0 aliphatic rings. The fourth-order valence-electron chi connectivity index (χ4n) is 6.68. The van der Waals surface area contributed by atoms with Gasteiger partial charge in [-0.3, -0.25) is 4.79 Å². The summed E-state index contributed by atoms with van der Waals surface area (Å²) < 4.78 is 5.60. The van der Waals surface area contributed by atoms with Gasteiger partial charge in [-0.25, -0.2) is 0 Å². The Hall–Kier alpha value is -0.790. The van der Waals surface area contributed by atoms with Crippen molar-refractivity contribution in [2.45, 2.75) is 208 Å². The Morgan fingerprint density at radius 3 is 1.45 bits per heavy atom. The summed E-state index contributed by atoms with van der Waals surface area (Å²) in [6, 6.07) is 0. The second kappa shape index (κ2) is 31.6. The van der Waals surface area contributed by atoms with Gasteiger partial charge in [-0.15, -0.1) is 0 Å². The second-order valence-electron chi connectivity index (χ2n) is 14.3. The van der Waals surface area contributed by atoms with Gasteiger partial charge in [0.15, 0.2) is 0 Å². The van der Waals surface area contributed by atoms with Gasteiger partial charge in [-0.2, -0.15) is 0 Å². The molecule has 0 aliphatic carbocycles. The van der Waals surface area contributed by atoms with Crippen LogP contribution in [0.4, 0.5) is 0 Å². The molecule has 4 atom stereocenters. The number of unbranched alkanes of at least 4 members (excludes halogenated alkanes) is 19. The van der Waals surface area contributed by atoms with Crippen molar-refractivity contribution in [3.8, 4) is 0 Å². The zero-order chi connectivity index (χ0) is 31.1. The number of allylic oxidation sites excluding steroid dienone is 2. The first kappa shape index (κ1) is 41.2. The molecule has 4 unspecified atom stereocenters. The van der Waals surface area contributed by atoms with Gasteiger partial charge in [0.25, 0.3) is 0 Å². The fraction of sp³-hybridized carbons (Fsp3) is 0.925. The van der Waals surface area contributed by atoms with E-state index in [1.807, 2.05) is 0 Å². The van der Waals surface area contributed by atoms with Gasteiger partial charge in [0, 0.05) is 0 Å². The molecule has 0 spiro atoms. The first-order valence-corrected chi connectivity index (χ1v) is 19.2. The molecule has 0 aromatic carbocycles. The zero-order valence-corrected chi connectivity index (χ0v) is 29.9. The Morgan fingerprint density at radius 2 is 0.905 bits per heavy atom. The lowest BCUT2D eigenvalue weighted by Gasteiger charge is -2.22. The molecule has 2 heteroatoms. The first-order valence-electron chi connectivity index (χ1n) is 19.2. The van der Waals surface area contributed by atoms with E-state index < -0.39 is 0 Å². The highest BCUT2D eigenvalue weighted by atomic mass is 16.5. The number of hydrogen-bond donors (Lipinski definition) is 0. The summed E-state index contributed by atoms with van der Waals surface area (Å²) in [5.41, 5.74) is 0. The predicted molar refractivity (Wildman–Crippen MR) is 188 cm³/mol. The topological polar surface area (TPSA) is 26.3 Å². The standard InChI is InChI=1S/C40H78O2/c1-7-9-11-13-15-17-18-19-20-21-22-23-24-25-27-29-31-36(3)33-37(4)34-38(5)35-39(6)40(41)42-32-30-28-26-16-14-12-10-8-2/h17-18,36-39H,7-16,19-35H2,1-6H3/b18-17-. The smallest absolute Gasteiger partial charge is 0.308 e. The van der Waals surface area contributed by atoms with Crippen LogP contribution in [-0.2, 0) is 9.53 Å². The minimum absolute atomic E-state index is 0.0199. The van der Waals surface area contributed by atoms with Crippen molar-refractivity contribution in [2.24, 2.45) is 23.7 Å². The van der Waals surface area contributed by atoms with E-state index in [2.05, 4.69) is 53.7 Å². The highest BCUT2D eigenvalue weighted by molar-refractivity contribution is 5.71. The maximum Gasteiger partial charge on any atom is 0.308 e. The SMILES string of the molecule is CCCCCC/C=C\CCCCCCCCCCC(C)CC(C)CC(C)CC(C)C(=O)OCCCCCCCCCC. The lowest BCUT2D eigenvalue weighted by atomic mass is 9.84. The van der Waals surface area contributed by atoms with Crippen LogP contribution in [0.1, 0.15) is 208 Å². The summed E-state index contributed by atoms with van der Waals surface area (Å²) in [7, 11) is 0. The van der Waals surface area contributed by atoms with Crippen LogP contribution in [0.3, 0.4) is 0 Å². The van der Waals surface area contributed by atoms with Crippen molar-refractivity contribution < 1.29 is 9.53 Å². The van der Waals surface area contributed by atoms with Crippen LogP contribution in [0.5, 0.6) is 0 Å². The van der Waals surface area contributed by atoms with E-state index in [0.717, 1.165) is 24.7 Å². The maximum absolute atomic E-state index is 12.5. The molecule has 0 aliphatic heterocycles. The van der Waals surface area contributed by atoms with Crippen LogP contribution >= 0.6 is 0 Å². The number of carbonyl (C=O) groups is 1. The third-order valence-corrected chi connectivity index (χ3v) is 9.22. The molecule has 0 aromatic heterocycles. The molecule has 0 bridgehead atoms. The molecule has 2 nitrogen and oxygen atoms in total. The number of ether oxygens (including phenoxy) is 1. The Morgan fingerprint density at radius 1 is 0.500 bits per heavy atom. The van der Waals surface area contributed by atoms with Crippen molar-refractivity contribution in [1.29, 1.82) is 0 Å². The van der Waals surface area contributed by atoms with Crippen LogP contribution in [0.25, 0.3) is 0 Å². The van der Waals surface area contributed by atoms with E-state index in [4.69, 9.17) is 4.74 Å². The van der Waals surface area contributed by atoms with Crippen LogP contribution in [0.2, 0.25) is 0 Å². The summed E-state index contributed by atoms with van der Waals surface area (Å²) in [5.74, 6) is 2.20. The van der Waals surface area contributed by atoms with E-state index in [9.17, 15) is 4.79 Å². The molecule has 0 radical (unpaired) electrons. The number of carbonyl (C=O) groups excluding carboxylic acids is 1. The second-order valence-corrected chi connectivity index (χ2v) is 14.3. The molecule has 42 heavy (non-hydrogen) atoms. The minimum Gasteiger partial charge on any atom is -0.465 e. The molecule has 0 saturated heterocycles. The molecular formula is C40H78O2. The Bertz CT molecular complexity index is 582. The van der Waals surface area contributed by atoms with Gasteiger partial charge in [-0.05, 0) is 69.1 Å². The van der Waals surface area contributed by atoms with E-state index in [1.165, 1.54) is 154 Å². The van der Waals surface area contributed by atoms with Gasteiger partial charge in [0.05, 0.1) is 12.5 Å². The quantitative estimate of drug-likeness (QED) is 0.0442. The zero-order valence-electron chi connectivity index (χ0n) is 29.9. The summed E-state index contributed by atoms with van der Waals surface area (Å²) in [4.78, 5) is 12.5. The van der Waals surface area contributed by atoms with Crippen molar-refractivity contribution in [3.63, 3.8) is 0 Å². The normalized spacial score (nSPS) is 14.7. The van der Waals surface area contributed by atoms with Crippen LogP contribution in [-0.4, -0.2) is 12.6 Å². The van der Waals surface area contributed by atoms with Gasteiger partial charge in [0.2, 0.25) is 0 Å². The maximum atomic E-state index is 12.5. The highest BCUT2D eigenvalue weighted by Gasteiger charge is 2.20. The van der Waals surface area contributed by atoms with Crippen molar-refractivity contribution in [2.75, 3.05) is 6.61 Å². The molecule has 250 valence electrons. The number of rotatable bonds is 32. The predicted octanol–water partition coefficient (Wildman–Crippen LogP) is 13.8. The summed E-state index contributed by atoms with van der Waals surface area (Å²) in [5, 5.41) is 0. The molecule has 0 saturated carbocycles. The number of hydrogen-bond acceptors (Lipinski definition) is 2. The van der Waals surface area contributed by atoms with Gasteiger partial charge in [-0.1, -0.05) is 169 Å². The molecule has 0 amide bonds. The summed E-state index contributed by atoms with van der Waals surface area (Å²) >= 11 is 0. The molecule has 0 aromatic rings. The van der Waals surface area contributed by atoms with E-state index in [-0.39, 0.29) is 11.9 Å². The van der Waals surface area contributed by atoms with Crippen LogP contribution < -0.4 is 0 Å². The van der Waals surface area contributed by atoms with E-state index in [0.29, 0.717) is 12.5 Å². The summed E-state index contributed by atoms with van der Waals surface area (Å²) in [6.45, 7) is 14.4. The van der Waals surface area contributed by atoms with Crippen molar-refractivity contribution >= 4 is 5.97 Å². The molecule has 0 N–H and O–H groups in total. The molecule has 0 rings (SSSR count). The van der Waals surface area contributed by atoms with Crippen molar-refractivity contribution in [3.05, 3.63) is 12.2 Å². The van der Waals surface area contributed by atoms with E-state index in [1.54, 1.807) is 0 Å². The summed E-state index contributed by atoms with van der Waals surface area (Å²) in [6.07, 6.45) is 39.3. The lowest BCUT2D eigenvalue weighted by molar-refractivity contribution is -0.148. The molecule has 0 heterocycles. The first-order chi connectivity index (χ1) is 20.4. The third kappa shape index (κ3) is 29.3. The molecule has 0 fully saturated rings. The average Bonchev–Trinajstić information content (AvgIpc) is 2.95. The third-order valence-electron chi connectivity index (χ3n) is 9.22. The van der Waals surface area contributed by atoms with Crippen LogP contribution in [0, 0.1) is 23.7 Å². The van der Waals surface area contributed by atoms with Gasteiger partial charge >= 0.3 is 5.97 Å². The number of esters is 1. The minimum atomic E-state index is 0.0199. The van der Waals surface area contributed by atoms with Crippen LogP contribution in [0.15, 0.2) is 12.2 Å².